The molecule has 0 aliphatic heterocycles. The fourth-order valence-corrected chi connectivity index (χ4v) is 1.94. The minimum atomic E-state index is 0.337. The van der Waals surface area contributed by atoms with Crippen molar-refractivity contribution in [1.29, 1.82) is 0 Å². The van der Waals surface area contributed by atoms with Gasteiger partial charge in [-0.2, -0.15) is 0 Å². The van der Waals surface area contributed by atoms with Crippen LogP contribution in [0.4, 0.5) is 0 Å². The van der Waals surface area contributed by atoms with Gasteiger partial charge in [-0.3, -0.25) is 0 Å². The van der Waals surface area contributed by atoms with Gasteiger partial charge in [0, 0.05) is 36.0 Å². The van der Waals surface area contributed by atoms with Crippen LogP contribution in [0, 0.1) is 0 Å². The van der Waals surface area contributed by atoms with Crippen molar-refractivity contribution in [2.45, 2.75) is 0 Å². The van der Waals surface area contributed by atoms with Crippen molar-refractivity contribution in [1.82, 2.24) is 4.90 Å². The van der Waals surface area contributed by atoms with Gasteiger partial charge in [-0.15, -0.1) is 0 Å². The summed E-state index contributed by atoms with van der Waals surface area (Å²) in [6, 6.07) is 0. The van der Waals surface area contributed by atoms with Gasteiger partial charge in [0.05, 0.1) is 79.3 Å². The Hall–Kier alpha value is -1.66. The molecule has 0 aliphatic rings. The second-order valence-electron chi connectivity index (χ2n) is 5.89. The van der Waals surface area contributed by atoms with Crippen molar-refractivity contribution in [3.63, 3.8) is 0 Å². The Labute approximate surface area is 177 Å². The van der Waals surface area contributed by atoms with Crippen molar-refractivity contribution in [3.05, 3.63) is 20.9 Å². The van der Waals surface area contributed by atoms with E-state index >= 15 is 0 Å². The highest BCUT2D eigenvalue weighted by molar-refractivity contribution is 4.50. The van der Waals surface area contributed by atoms with E-state index < -0.39 is 0 Å². The Balaban J connectivity index is 3.17. The number of ether oxygens (including phenoxy) is 6. The fourth-order valence-electron chi connectivity index (χ4n) is 1.94. The SMILES string of the molecule is CN(CCOCCOCCOCCN=[N+]=[N-])CCOCCOCCOCCN=[N+]=[N-]. The molecule has 0 rings (SSSR count). The standard InChI is InChI=1S/C17H35N7O6/c1-24(4-8-27-12-16-29-14-10-25-6-2-20-22-18)5-9-28-13-17-30-15-11-26-7-3-21-23-19/h2-17H2,1H3. The number of hydrogen-bond acceptors (Lipinski definition) is 9. The number of rotatable bonds is 24. The smallest absolute Gasteiger partial charge is 0.0701 e. The molecule has 0 radical (unpaired) electrons. The molecule has 0 unspecified atom stereocenters. The zero-order chi connectivity index (χ0) is 22.0. The van der Waals surface area contributed by atoms with Crippen LogP contribution in [-0.2, 0) is 28.4 Å². The quantitative estimate of drug-likeness (QED) is 0.0969. The lowest BCUT2D eigenvalue weighted by molar-refractivity contribution is 0.00573. The van der Waals surface area contributed by atoms with Gasteiger partial charge in [0.1, 0.15) is 0 Å². The zero-order valence-corrected chi connectivity index (χ0v) is 17.9. The van der Waals surface area contributed by atoms with E-state index in [-0.39, 0.29) is 0 Å². The normalized spacial score (nSPS) is 10.7. The van der Waals surface area contributed by atoms with Crippen LogP contribution in [0.25, 0.3) is 20.9 Å². The third-order valence-electron chi connectivity index (χ3n) is 3.52. The molecule has 30 heavy (non-hydrogen) atoms. The Morgan fingerprint density at radius 2 is 0.833 bits per heavy atom. The van der Waals surface area contributed by atoms with E-state index in [9.17, 15) is 0 Å². The number of likely N-dealkylation sites (N-methyl/N-ethyl adjacent to an activating group) is 1. The molecule has 174 valence electrons. The fraction of sp³-hybridized carbons (Fsp3) is 1.00. The maximum atomic E-state index is 8.10. The van der Waals surface area contributed by atoms with E-state index in [0.717, 1.165) is 13.1 Å². The Morgan fingerprint density at radius 3 is 1.17 bits per heavy atom. The first kappa shape index (κ1) is 28.3. The summed E-state index contributed by atoms with van der Waals surface area (Å²) in [5, 5.41) is 6.74. The summed E-state index contributed by atoms with van der Waals surface area (Å²) in [6.45, 7) is 8.42. The van der Waals surface area contributed by atoms with Gasteiger partial charge < -0.3 is 33.3 Å². The summed E-state index contributed by atoms with van der Waals surface area (Å²) in [5.41, 5.74) is 16.2. The van der Waals surface area contributed by atoms with Crippen LogP contribution in [0.1, 0.15) is 0 Å². The van der Waals surface area contributed by atoms with E-state index in [1.54, 1.807) is 0 Å². The molecule has 0 saturated carbocycles. The van der Waals surface area contributed by atoms with E-state index in [4.69, 9.17) is 39.5 Å². The van der Waals surface area contributed by atoms with Gasteiger partial charge in [-0.05, 0) is 18.1 Å². The molecule has 0 aromatic heterocycles. The first-order valence-corrected chi connectivity index (χ1v) is 9.98. The predicted octanol–water partition coefficient (Wildman–Crippen LogP) is 1.64. The molecule has 0 aromatic rings. The molecule has 0 bridgehead atoms. The van der Waals surface area contributed by atoms with Gasteiger partial charge >= 0.3 is 0 Å². The van der Waals surface area contributed by atoms with Crippen LogP contribution < -0.4 is 0 Å². The highest BCUT2D eigenvalue weighted by atomic mass is 16.5. The van der Waals surface area contributed by atoms with Crippen molar-refractivity contribution < 1.29 is 28.4 Å². The topological polar surface area (TPSA) is 156 Å². The average molecular weight is 434 g/mol. The molecule has 0 aliphatic carbocycles. The van der Waals surface area contributed by atoms with Crippen molar-refractivity contribution >= 4 is 0 Å². The molecule has 0 amide bonds. The van der Waals surface area contributed by atoms with Gasteiger partial charge in [0.25, 0.3) is 0 Å². The first-order valence-electron chi connectivity index (χ1n) is 9.98. The number of hydrogen-bond donors (Lipinski definition) is 0. The van der Waals surface area contributed by atoms with Crippen molar-refractivity contribution in [2.75, 3.05) is 113 Å². The summed E-state index contributed by atoms with van der Waals surface area (Å²) in [6.07, 6.45) is 0. The van der Waals surface area contributed by atoms with Crippen LogP contribution in [-0.4, -0.2) is 117 Å². The third kappa shape index (κ3) is 24.4. The molecular weight excluding hydrogens is 398 g/mol. The highest BCUT2D eigenvalue weighted by Crippen LogP contribution is 1.88. The summed E-state index contributed by atoms with van der Waals surface area (Å²) >= 11 is 0. The molecule has 0 N–H and O–H groups in total. The minimum Gasteiger partial charge on any atom is -0.379 e. The second kappa shape index (κ2) is 25.4. The second-order valence-corrected chi connectivity index (χ2v) is 5.89. The van der Waals surface area contributed by atoms with Crippen LogP contribution in [0.5, 0.6) is 0 Å². The van der Waals surface area contributed by atoms with E-state index in [0.29, 0.717) is 92.4 Å². The Kier molecular flexibility index (Phi) is 24.0. The first-order chi connectivity index (χ1) is 14.8. The van der Waals surface area contributed by atoms with Crippen molar-refractivity contribution in [2.24, 2.45) is 10.2 Å². The number of nitrogens with zero attached hydrogens (tertiary/aromatic N) is 7. The summed E-state index contributed by atoms with van der Waals surface area (Å²) in [5.74, 6) is 0. The minimum absolute atomic E-state index is 0.337. The van der Waals surface area contributed by atoms with Crippen LogP contribution in [0.15, 0.2) is 10.2 Å². The number of azide groups is 2. The Bertz CT molecular complexity index is 422. The molecule has 0 aromatic carbocycles. The maximum Gasteiger partial charge on any atom is 0.0701 e. The summed E-state index contributed by atoms with van der Waals surface area (Å²) < 4.78 is 32.2. The predicted molar refractivity (Wildman–Crippen MR) is 110 cm³/mol. The Morgan fingerprint density at radius 1 is 0.533 bits per heavy atom. The highest BCUT2D eigenvalue weighted by Gasteiger charge is 1.99. The largest absolute Gasteiger partial charge is 0.379 e. The lowest BCUT2D eigenvalue weighted by Gasteiger charge is -2.16. The van der Waals surface area contributed by atoms with Crippen LogP contribution in [0.3, 0.4) is 0 Å². The van der Waals surface area contributed by atoms with Crippen molar-refractivity contribution in [3.8, 4) is 0 Å². The monoisotopic (exact) mass is 433 g/mol. The zero-order valence-electron chi connectivity index (χ0n) is 17.9. The molecular formula is C17H35N7O6. The molecule has 13 nitrogen and oxygen atoms in total. The van der Waals surface area contributed by atoms with Gasteiger partial charge in [-0.25, -0.2) is 0 Å². The molecule has 0 heterocycles. The van der Waals surface area contributed by atoms with E-state index in [1.165, 1.54) is 0 Å². The maximum absolute atomic E-state index is 8.10. The summed E-state index contributed by atoms with van der Waals surface area (Å²) in [7, 11) is 2.01. The molecule has 13 heteroatoms. The lowest BCUT2D eigenvalue weighted by atomic mass is 10.5. The van der Waals surface area contributed by atoms with E-state index in [1.807, 2.05) is 7.05 Å². The third-order valence-corrected chi connectivity index (χ3v) is 3.52. The van der Waals surface area contributed by atoms with E-state index in [2.05, 4.69) is 25.0 Å². The summed E-state index contributed by atoms with van der Waals surface area (Å²) in [4.78, 5) is 7.41. The van der Waals surface area contributed by atoms with Crippen LogP contribution in [0.2, 0.25) is 0 Å². The average Bonchev–Trinajstić information content (AvgIpc) is 2.75. The van der Waals surface area contributed by atoms with Gasteiger partial charge in [-0.1, -0.05) is 10.2 Å². The van der Waals surface area contributed by atoms with Gasteiger partial charge in [0.15, 0.2) is 0 Å². The van der Waals surface area contributed by atoms with Crippen LogP contribution >= 0.6 is 0 Å². The molecule has 0 fully saturated rings. The molecule has 0 spiro atoms. The lowest BCUT2D eigenvalue weighted by Crippen LogP contribution is -2.28. The van der Waals surface area contributed by atoms with Gasteiger partial charge in [0.2, 0.25) is 0 Å². The molecule has 0 saturated heterocycles. The molecule has 0 atom stereocenters.